The van der Waals surface area contributed by atoms with Gasteiger partial charge in [-0.25, -0.2) is 9.37 Å². The van der Waals surface area contributed by atoms with Crippen LogP contribution in [0.2, 0.25) is 5.02 Å². The van der Waals surface area contributed by atoms with E-state index in [-0.39, 0.29) is 18.1 Å². The van der Waals surface area contributed by atoms with E-state index in [2.05, 4.69) is 10.3 Å². The lowest BCUT2D eigenvalue weighted by atomic mass is 10.1. The molecule has 0 saturated carbocycles. The van der Waals surface area contributed by atoms with Crippen molar-refractivity contribution in [2.45, 2.75) is 6.10 Å². The van der Waals surface area contributed by atoms with Crippen LogP contribution in [0, 0.1) is 5.82 Å². The Kier molecular flexibility index (Phi) is 5.65. The number of rotatable bonds is 6. The smallest absolute Gasteiger partial charge is 0.274 e. The first-order valence-corrected chi connectivity index (χ1v) is 8.22. The van der Waals surface area contributed by atoms with E-state index in [4.69, 9.17) is 20.8 Å². The number of benzene rings is 2. The summed E-state index contributed by atoms with van der Waals surface area (Å²) in [4.78, 5) is 16.5. The average Bonchev–Trinajstić information content (AvgIpc) is 3.13. The standard InChI is InChI=1S/C19H16ClFN2O3/c1-25-16(12-6-8-13(21)9-7-12)10-22-19(24)17-18(26-11-23-17)14-4-2-3-5-15(14)20/h2-9,11,16H,10H2,1H3,(H,22,24). The maximum atomic E-state index is 13.1. The summed E-state index contributed by atoms with van der Waals surface area (Å²) in [7, 11) is 1.52. The van der Waals surface area contributed by atoms with E-state index in [1.165, 1.54) is 25.6 Å². The van der Waals surface area contributed by atoms with Gasteiger partial charge in [0, 0.05) is 19.2 Å². The monoisotopic (exact) mass is 374 g/mol. The summed E-state index contributed by atoms with van der Waals surface area (Å²) in [6, 6.07) is 12.9. The molecule has 26 heavy (non-hydrogen) atoms. The normalized spacial score (nSPS) is 12.0. The zero-order valence-electron chi connectivity index (χ0n) is 13.9. The van der Waals surface area contributed by atoms with Gasteiger partial charge in [0.1, 0.15) is 5.82 Å². The van der Waals surface area contributed by atoms with Crippen LogP contribution in [0.5, 0.6) is 0 Å². The highest BCUT2D eigenvalue weighted by atomic mass is 35.5. The van der Waals surface area contributed by atoms with Crippen LogP contribution in [-0.2, 0) is 4.74 Å². The molecule has 0 aliphatic rings. The van der Waals surface area contributed by atoms with E-state index >= 15 is 0 Å². The molecule has 2 aromatic carbocycles. The Labute approximate surface area is 154 Å². The highest BCUT2D eigenvalue weighted by Gasteiger charge is 2.21. The number of ether oxygens (including phenoxy) is 1. The molecule has 7 heteroatoms. The van der Waals surface area contributed by atoms with Gasteiger partial charge in [0.15, 0.2) is 17.8 Å². The zero-order valence-corrected chi connectivity index (χ0v) is 14.7. The molecule has 1 aromatic heterocycles. The number of methoxy groups -OCH3 is 1. The predicted octanol–water partition coefficient (Wildman–Crippen LogP) is 4.25. The summed E-state index contributed by atoms with van der Waals surface area (Å²) >= 11 is 6.16. The van der Waals surface area contributed by atoms with Crippen molar-refractivity contribution < 1.29 is 18.3 Å². The molecular weight excluding hydrogens is 359 g/mol. The minimum Gasteiger partial charge on any atom is -0.443 e. The van der Waals surface area contributed by atoms with Crippen LogP contribution in [0.25, 0.3) is 11.3 Å². The summed E-state index contributed by atoms with van der Waals surface area (Å²) < 4.78 is 23.8. The van der Waals surface area contributed by atoms with Crippen molar-refractivity contribution >= 4 is 17.5 Å². The second-order valence-electron chi connectivity index (χ2n) is 5.50. The maximum Gasteiger partial charge on any atom is 0.274 e. The second kappa shape index (κ2) is 8.12. The first-order chi connectivity index (χ1) is 12.6. The molecule has 0 radical (unpaired) electrons. The van der Waals surface area contributed by atoms with Crippen molar-refractivity contribution in [3.8, 4) is 11.3 Å². The van der Waals surface area contributed by atoms with Crippen LogP contribution >= 0.6 is 11.6 Å². The predicted molar refractivity (Wildman–Crippen MR) is 95.4 cm³/mol. The largest absolute Gasteiger partial charge is 0.443 e. The number of carbonyl (C=O) groups excluding carboxylic acids is 1. The molecule has 134 valence electrons. The first kappa shape index (κ1) is 18.1. The number of nitrogens with zero attached hydrogens (tertiary/aromatic N) is 1. The first-order valence-electron chi connectivity index (χ1n) is 7.85. The highest BCUT2D eigenvalue weighted by Crippen LogP contribution is 2.30. The third-order valence-electron chi connectivity index (χ3n) is 3.88. The van der Waals surface area contributed by atoms with E-state index in [9.17, 15) is 9.18 Å². The lowest BCUT2D eigenvalue weighted by Gasteiger charge is -2.16. The van der Waals surface area contributed by atoms with Crippen LogP contribution < -0.4 is 5.32 Å². The van der Waals surface area contributed by atoms with Gasteiger partial charge in [-0.05, 0) is 29.8 Å². The van der Waals surface area contributed by atoms with Crippen LogP contribution in [0.4, 0.5) is 4.39 Å². The van der Waals surface area contributed by atoms with Crippen LogP contribution in [0.1, 0.15) is 22.2 Å². The number of oxazole rings is 1. The van der Waals surface area contributed by atoms with E-state index in [0.29, 0.717) is 16.3 Å². The summed E-state index contributed by atoms with van der Waals surface area (Å²) in [5, 5.41) is 3.21. The van der Waals surface area contributed by atoms with E-state index in [1.54, 1.807) is 36.4 Å². The number of hydrogen-bond donors (Lipinski definition) is 1. The van der Waals surface area contributed by atoms with Crippen molar-refractivity contribution in [1.82, 2.24) is 10.3 Å². The fraction of sp³-hybridized carbons (Fsp3) is 0.158. The third kappa shape index (κ3) is 3.92. The Morgan fingerprint density at radius 3 is 2.69 bits per heavy atom. The van der Waals surface area contributed by atoms with Gasteiger partial charge in [0.2, 0.25) is 0 Å². The van der Waals surface area contributed by atoms with Crippen molar-refractivity contribution in [1.29, 1.82) is 0 Å². The van der Waals surface area contributed by atoms with Gasteiger partial charge in [0.05, 0.1) is 11.1 Å². The van der Waals surface area contributed by atoms with Gasteiger partial charge in [0.25, 0.3) is 5.91 Å². The zero-order chi connectivity index (χ0) is 18.5. The van der Waals surface area contributed by atoms with E-state index in [0.717, 1.165) is 5.56 Å². The lowest BCUT2D eigenvalue weighted by molar-refractivity contribution is 0.0824. The minimum absolute atomic E-state index is 0.132. The molecular formula is C19H16ClFN2O3. The summed E-state index contributed by atoms with van der Waals surface area (Å²) in [5.74, 6) is -0.457. The molecule has 1 N–H and O–H groups in total. The number of amides is 1. The molecule has 0 saturated heterocycles. The molecule has 5 nitrogen and oxygen atoms in total. The van der Waals surface area contributed by atoms with Gasteiger partial charge in [-0.15, -0.1) is 0 Å². The molecule has 3 aromatic rings. The molecule has 0 spiro atoms. The Bertz CT molecular complexity index is 896. The number of carbonyl (C=O) groups is 1. The Balaban J connectivity index is 1.74. The average molecular weight is 375 g/mol. The molecule has 1 atom stereocenters. The number of nitrogens with one attached hydrogen (secondary N) is 1. The second-order valence-corrected chi connectivity index (χ2v) is 5.90. The summed E-state index contributed by atoms with van der Waals surface area (Å²) in [6.45, 7) is 0.190. The molecule has 1 heterocycles. The summed E-state index contributed by atoms with van der Waals surface area (Å²) in [5.41, 5.74) is 1.46. The summed E-state index contributed by atoms with van der Waals surface area (Å²) in [6.07, 6.45) is 0.775. The number of halogens is 2. The SMILES string of the molecule is COC(CNC(=O)c1ncoc1-c1ccccc1Cl)c1ccc(F)cc1. The van der Waals surface area contributed by atoms with Crippen LogP contribution in [-0.4, -0.2) is 24.5 Å². The minimum atomic E-state index is -0.421. The van der Waals surface area contributed by atoms with Gasteiger partial charge < -0.3 is 14.5 Å². The molecule has 0 fully saturated rings. The van der Waals surface area contributed by atoms with E-state index in [1.807, 2.05) is 0 Å². The Morgan fingerprint density at radius 2 is 2.00 bits per heavy atom. The van der Waals surface area contributed by atoms with Crippen LogP contribution in [0.3, 0.4) is 0 Å². The van der Waals surface area contributed by atoms with Crippen molar-refractivity contribution in [3.63, 3.8) is 0 Å². The van der Waals surface area contributed by atoms with Gasteiger partial charge in [-0.3, -0.25) is 4.79 Å². The molecule has 0 aliphatic heterocycles. The quantitative estimate of drug-likeness (QED) is 0.700. The highest BCUT2D eigenvalue weighted by molar-refractivity contribution is 6.33. The van der Waals surface area contributed by atoms with Crippen molar-refractivity contribution in [2.24, 2.45) is 0 Å². The third-order valence-corrected chi connectivity index (χ3v) is 4.20. The van der Waals surface area contributed by atoms with Crippen LogP contribution in [0.15, 0.2) is 59.3 Å². The molecule has 1 amide bonds. The molecule has 0 bridgehead atoms. The van der Waals surface area contributed by atoms with Gasteiger partial charge in [-0.2, -0.15) is 0 Å². The van der Waals surface area contributed by atoms with Crippen molar-refractivity contribution in [3.05, 3.63) is 77.0 Å². The Hall–Kier alpha value is -2.70. The fourth-order valence-corrected chi connectivity index (χ4v) is 2.75. The lowest BCUT2D eigenvalue weighted by Crippen LogP contribution is -2.29. The molecule has 3 rings (SSSR count). The topological polar surface area (TPSA) is 64.4 Å². The van der Waals surface area contributed by atoms with Gasteiger partial charge >= 0.3 is 0 Å². The number of hydrogen-bond acceptors (Lipinski definition) is 4. The molecule has 1 unspecified atom stereocenters. The molecule has 0 aliphatic carbocycles. The van der Waals surface area contributed by atoms with Gasteiger partial charge in [-0.1, -0.05) is 35.9 Å². The number of aromatic nitrogens is 1. The maximum absolute atomic E-state index is 13.1. The Morgan fingerprint density at radius 1 is 1.27 bits per heavy atom. The fourth-order valence-electron chi connectivity index (χ4n) is 2.53. The van der Waals surface area contributed by atoms with Crippen molar-refractivity contribution in [2.75, 3.05) is 13.7 Å². The van der Waals surface area contributed by atoms with E-state index < -0.39 is 12.0 Å².